The molecule has 18 heavy (non-hydrogen) atoms. The molecule has 2 rings (SSSR count). The molecule has 0 bridgehead atoms. The smallest absolute Gasteiger partial charge is 0.335 e. The van der Waals surface area contributed by atoms with Crippen molar-refractivity contribution >= 4 is 16.9 Å². The van der Waals surface area contributed by atoms with Crippen LogP contribution in [0.2, 0.25) is 0 Å². The maximum Gasteiger partial charge on any atom is 0.335 e. The van der Waals surface area contributed by atoms with Crippen molar-refractivity contribution in [3.8, 4) is 0 Å². The van der Waals surface area contributed by atoms with Crippen molar-refractivity contribution in [3.63, 3.8) is 0 Å². The molecule has 1 heterocycles. The molecule has 0 spiro atoms. The van der Waals surface area contributed by atoms with Gasteiger partial charge in [-0.25, -0.2) is 4.79 Å². The summed E-state index contributed by atoms with van der Waals surface area (Å²) in [5.74, 6) is -0.867. The molecule has 1 N–H and O–H groups in total. The molecule has 3 heteroatoms. The highest BCUT2D eigenvalue weighted by atomic mass is 16.4. The highest BCUT2D eigenvalue weighted by molar-refractivity contribution is 5.95. The first-order valence-corrected chi connectivity index (χ1v) is 6.34. The highest BCUT2D eigenvalue weighted by Gasteiger charge is 2.16. The Balaban J connectivity index is 2.82. The van der Waals surface area contributed by atoms with Gasteiger partial charge < -0.3 is 9.67 Å². The Morgan fingerprint density at radius 1 is 1.39 bits per heavy atom. The summed E-state index contributed by atoms with van der Waals surface area (Å²) < 4.78 is 2.28. The summed E-state index contributed by atoms with van der Waals surface area (Å²) in [7, 11) is 0. The van der Waals surface area contributed by atoms with Crippen molar-refractivity contribution in [1.82, 2.24) is 4.57 Å². The lowest BCUT2D eigenvalue weighted by molar-refractivity contribution is 0.0697. The first-order chi connectivity index (χ1) is 8.47. The summed E-state index contributed by atoms with van der Waals surface area (Å²) >= 11 is 0. The zero-order valence-electron chi connectivity index (χ0n) is 11.3. The number of aromatic carboxylic acids is 1. The number of benzene rings is 1. The van der Waals surface area contributed by atoms with Crippen LogP contribution in [0.1, 0.15) is 48.4 Å². The van der Waals surface area contributed by atoms with E-state index in [0.29, 0.717) is 11.6 Å². The molecular weight excluding hydrogens is 226 g/mol. The molecule has 0 aliphatic heterocycles. The lowest BCUT2D eigenvalue weighted by Crippen LogP contribution is -2.03. The van der Waals surface area contributed by atoms with Gasteiger partial charge in [-0.2, -0.15) is 0 Å². The number of carboxylic acid groups (broad SMARTS) is 1. The van der Waals surface area contributed by atoms with Crippen molar-refractivity contribution in [1.29, 1.82) is 0 Å². The largest absolute Gasteiger partial charge is 0.478 e. The van der Waals surface area contributed by atoms with Crippen LogP contribution >= 0.6 is 0 Å². The number of nitrogens with zero attached hydrogens (tertiary/aromatic N) is 1. The molecule has 0 aliphatic rings. The van der Waals surface area contributed by atoms with Crippen molar-refractivity contribution in [2.45, 2.75) is 40.2 Å². The fourth-order valence-electron chi connectivity index (χ4n) is 2.75. The standard InChI is InChI=1S/C15H19NO2/c1-5-12-10(4)16(9(2)3)14-7-6-11(15(17)18)8-13(12)14/h6-9H,5H2,1-4H3,(H,17,18). The van der Waals surface area contributed by atoms with Crippen molar-refractivity contribution in [2.24, 2.45) is 0 Å². The van der Waals surface area contributed by atoms with E-state index in [1.54, 1.807) is 12.1 Å². The van der Waals surface area contributed by atoms with Crippen LogP contribution in [0.25, 0.3) is 10.9 Å². The molecule has 1 aromatic heterocycles. The van der Waals surface area contributed by atoms with E-state index in [4.69, 9.17) is 5.11 Å². The molecule has 0 atom stereocenters. The average molecular weight is 245 g/mol. The Labute approximate surface area is 107 Å². The Hall–Kier alpha value is -1.77. The average Bonchev–Trinajstić information content (AvgIpc) is 2.59. The van der Waals surface area contributed by atoms with Crippen LogP contribution in [0, 0.1) is 6.92 Å². The fraction of sp³-hybridized carbons (Fsp3) is 0.400. The Kier molecular flexibility index (Phi) is 3.16. The van der Waals surface area contributed by atoms with Gasteiger partial charge in [0.1, 0.15) is 0 Å². The fourth-order valence-corrected chi connectivity index (χ4v) is 2.75. The van der Waals surface area contributed by atoms with E-state index < -0.39 is 5.97 Å². The number of fused-ring (bicyclic) bond motifs is 1. The Bertz CT molecular complexity index is 608. The molecule has 0 radical (unpaired) electrons. The van der Waals surface area contributed by atoms with Crippen LogP contribution in [0.15, 0.2) is 18.2 Å². The quantitative estimate of drug-likeness (QED) is 0.893. The zero-order valence-corrected chi connectivity index (χ0v) is 11.3. The second-order valence-corrected chi connectivity index (χ2v) is 4.92. The van der Waals surface area contributed by atoms with Crippen LogP contribution in [0.4, 0.5) is 0 Å². The van der Waals surface area contributed by atoms with Crippen LogP contribution in [0.3, 0.4) is 0 Å². The number of aryl methyl sites for hydroxylation is 1. The molecule has 2 aromatic rings. The number of carbonyl (C=O) groups is 1. The van der Waals surface area contributed by atoms with Crippen LogP contribution < -0.4 is 0 Å². The molecule has 0 saturated heterocycles. The number of rotatable bonds is 3. The van der Waals surface area contributed by atoms with E-state index in [0.717, 1.165) is 17.3 Å². The van der Waals surface area contributed by atoms with E-state index in [-0.39, 0.29) is 0 Å². The summed E-state index contributed by atoms with van der Waals surface area (Å²) in [6, 6.07) is 5.78. The van der Waals surface area contributed by atoms with Crippen molar-refractivity contribution in [2.75, 3.05) is 0 Å². The predicted molar refractivity (Wildman–Crippen MR) is 73.4 cm³/mol. The van der Waals surface area contributed by atoms with Gasteiger partial charge in [-0.3, -0.25) is 0 Å². The maximum absolute atomic E-state index is 11.1. The van der Waals surface area contributed by atoms with Gasteiger partial charge in [0.25, 0.3) is 0 Å². The first kappa shape index (κ1) is 12.7. The van der Waals surface area contributed by atoms with E-state index in [1.165, 1.54) is 11.3 Å². The first-order valence-electron chi connectivity index (χ1n) is 6.34. The molecule has 0 fully saturated rings. The lowest BCUT2D eigenvalue weighted by atomic mass is 10.1. The SMILES string of the molecule is CCc1c(C)n(C(C)C)c2ccc(C(=O)O)cc12. The normalized spacial score (nSPS) is 11.4. The highest BCUT2D eigenvalue weighted by Crippen LogP contribution is 2.30. The predicted octanol–water partition coefficient (Wildman–Crippen LogP) is 3.79. The minimum atomic E-state index is -0.867. The van der Waals surface area contributed by atoms with E-state index in [9.17, 15) is 4.79 Å². The second-order valence-electron chi connectivity index (χ2n) is 4.92. The number of aromatic nitrogens is 1. The molecule has 0 amide bonds. The lowest BCUT2D eigenvalue weighted by Gasteiger charge is -2.12. The third kappa shape index (κ3) is 1.80. The van der Waals surface area contributed by atoms with Crippen molar-refractivity contribution < 1.29 is 9.90 Å². The summed E-state index contributed by atoms with van der Waals surface area (Å²) in [5.41, 5.74) is 3.98. The summed E-state index contributed by atoms with van der Waals surface area (Å²) in [6.07, 6.45) is 0.922. The molecule has 0 unspecified atom stereocenters. The van der Waals surface area contributed by atoms with Gasteiger partial charge in [-0.15, -0.1) is 0 Å². The minimum absolute atomic E-state index is 0.359. The van der Waals surface area contributed by atoms with E-state index in [1.807, 2.05) is 6.07 Å². The Morgan fingerprint density at radius 3 is 2.56 bits per heavy atom. The zero-order chi connectivity index (χ0) is 13.4. The van der Waals surface area contributed by atoms with Crippen LogP contribution in [0.5, 0.6) is 0 Å². The van der Waals surface area contributed by atoms with Gasteiger partial charge in [-0.1, -0.05) is 6.92 Å². The molecule has 0 saturated carbocycles. The van der Waals surface area contributed by atoms with Crippen LogP contribution in [-0.2, 0) is 6.42 Å². The number of carboxylic acids is 1. The number of hydrogen-bond donors (Lipinski definition) is 1. The van der Waals surface area contributed by atoms with Gasteiger partial charge in [0, 0.05) is 22.6 Å². The molecular formula is C15H19NO2. The van der Waals surface area contributed by atoms with E-state index >= 15 is 0 Å². The van der Waals surface area contributed by atoms with Gasteiger partial charge in [0.2, 0.25) is 0 Å². The third-order valence-electron chi connectivity index (χ3n) is 3.50. The van der Waals surface area contributed by atoms with Gasteiger partial charge in [0.05, 0.1) is 5.56 Å². The van der Waals surface area contributed by atoms with Gasteiger partial charge in [0.15, 0.2) is 0 Å². The monoisotopic (exact) mass is 245 g/mol. The van der Waals surface area contributed by atoms with Crippen molar-refractivity contribution in [3.05, 3.63) is 35.0 Å². The van der Waals surface area contributed by atoms with Gasteiger partial charge in [-0.05, 0) is 51.0 Å². The summed E-state index contributed by atoms with van der Waals surface area (Å²) in [5, 5.41) is 10.2. The molecule has 3 nitrogen and oxygen atoms in total. The Morgan fingerprint density at radius 2 is 2.06 bits per heavy atom. The summed E-state index contributed by atoms with van der Waals surface area (Å²) in [6.45, 7) is 8.52. The molecule has 1 aromatic carbocycles. The third-order valence-corrected chi connectivity index (χ3v) is 3.50. The second kappa shape index (κ2) is 4.48. The van der Waals surface area contributed by atoms with E-state index in [2.05, 4.69) is 32.3 Å². The van der Waals surface area contributed by atoms with Gasteiger partial charge >= 0.3 is 5.97 Å². The topological polar surface area (TPSA) is 42.2 Å². The molecule has 0 aliphatic carbocycles. The summed E-state index contributed by atoms with van der Waals surface area (Å²) in [4.78, 5) is 11.1. The maximum atomic E-state index is 11.1. The number of hydrogen-bond acceptors (Lipinski definition) is 1. The minimum Gasteiger partial charge on any atom is -0.478 e. The van der Waals surface area contributed by atoms with Crippen LogP contribution in [-0.4, -0.2) is 15.6 Å². The molecule has 96 valence electrons.